The predicted octanol–water partition coefficient (Wildman–Crippen LogP) is 2.35. The largest absolute Gasteiger partial charge is 0.293 e. The van der Waals surface area contributed by atoms with Gasteiger partial charge in [0.25, 0.3) is 0 Å². The molecule has 0 unspecified atom stereocenters. The average Bonchev–Trinajstić information content (AvgIpc) is 2.94. The van der Waals surface area contributed by atoms with Gasteiger partial charge in [0.15, 0.2) is 0 Å². The molecule has 4 nitrogen and oxygen atoms in total. The second-order valence-electron chi connectivity index (χ2n) is 4.82. The molecule has 0 atom stereocenters. The normalized spacial score (nSPS) is 16.9. The maximum absolute atomic E-state index is 4.66. The van der Waals surface area contributed by atoms with E-state index in [0.717, 1.165) is 26.1 Å². The quantitative estimate of drug-likeness (QED) is 0.829. The molecule has 2 aromatic rings. The maximum Gasteiger partial charge on any atom is 0.0928 e. The van der Waals surface area contributed by atoms with Gasteiger partial charge in [0, 0.05) is 37.4 Å². The van der Waals surface area contributed by atoms with Crippen molar-refractivity contribution < 1.29 is 0 Å². The number of aromatic nitrogens is 3. The summed E-state index contributed by atoms with van der Waals surface area (Å²) in [7, 11) is 0. The zero-order valence-electron chi connectivity index (χ0n) is 10.6. The Balaban J connectivity index is 1.50. The molecular formula is C13H18N4S. The zero-order chi connectivity index (χ0) is 12.4. The highest BCUT2D eigenvalue weighted by atomic mass is 32.1. The molecule has 96 valence electrons. The molecule has 1 aliphatic rings. The molecule has 1 aliphatic heterocycles. The van der Waals surface area contributed by atoms with Gasteiger partial charge in [0.1, 0.15) is 0 Å². The second-order valence-corrected chi connectivity index (χ2v) is 5.76. The molecule has 0 spiro atoms. The van der Waals surface area contributed by atoms with E-state index in [1.165, 1.54) is 17.1 Å². The first-order valence-corrected chi connectivity index (χ1v) is 7.38. The molecular weight excluding hydrogens is 244 g/mol. The fourth-order valence-electron chi connectivity index (χ4n) is 2.31. The molecule has 1 fully saturated rings. The molecule has 0 aromatic carbocycles. The lowest BCUT2D eigenvalue weighted by Gasteiger charge is -2.38. The smallest absolute Gasteiger partial charge is 0.0928 e. The molecule has 1 saturated heterocycles. The van der Waals surface area contributed by atoms with Gasteiger partial charge in [-0.3, -0.25) is 9.58 Å². The molecule has 3 heterocycles. The topological polar surface area (TPSA) is 34.0 Å². The Morgan fingerprint density at radius 2 is 2.33 bits per heavy atom. The second kappa shape index (κ2) is 5.20. The minimum Gasteiger partial charge on any atom is -0.293 e. The van der Waals surface area contributed by atoms with E-state index in [0.29, 0.717) is 6.04 Å². The molecule has 0 radical (unpaired) electrons. The van der Waals surface area contributed by atoms with Crippen LogP contribution < -0.4 is 0 Å². The van der Waals surface area contributed by atoms with Crippen LogP contribution in [0.15, 0.2) is 23.8 Å². The van der Waals surface area contributed by atoms with Crippen LogP contribution in [0.2, 0.25) is 0 Å². The molecule has 2 aromatic heterocycles. The highest BCUT2D eigenvalue weighted by molar-refractivity contribution is 7.09. The standard InChI is InChI=1S/C13H18N4S/c1-2-4-13-15-11(10-18-13)7-16-8-12(9-16)17-6-3-5-14-17/h3,5-6,10,12H,2,4,7-9H2,1H3. The van der Waals surface area contributed by atoms with Crippen molar-refractivity contribution in [3.8, 4) is 0 Å². The number of thiazole rings is 1. The van der Waals surface area contributed by atoms with Crippen LogP contribution in [0.5, 0.6) is 0 Å². The van der Waals surface area contributed by atoms with E-state index in [9.17, 15) is 0 Å². The van der Waals surface area contributed by atoms with Crippen molar-refractivity contribution in [2.45, 2.75) is 32.4 Å². The molecule has 0 bridgehead atoms. The van der Waals surface area contributed by atoms with Gasteiger partial charge in [-0.2, -0.15) is 5.10 Å². The van der Waals surface area contributed by atoms with Crippen LogP contribution in [0, 0.1) is 0 Å². The van der Waals surface area contributed by atoms with Crippen molar-refractivity contribution in [2.75, 3.05) is 13.1 Å². The van der Waals surface area contributed by atoms with Crippen LogP contribution in [0.1, 0.15) is 30.1 Å². The minimum atomic E-state index is 0.550. The number of aryl methyl sites for hydroxylation is 1. The van der Waals surface area contributed by atoms with Gasteiger partial charge in [-0.1, -0.05) is 6.92 Å². The van der Waals surface area contributed by atoms with Gasteiger partial charge < -0.3 is 0 Å². The van der Waals surface area contributed by atoms with E-state index >= 15 is 0 Å². The predicted molar refractivity (Wildman–Crippen MR) is 72.7 cm³/mol. The maximum atomic E-state index is 4.66. The van der Waals surface area contributed by atoms with E-state index in [1.807, 2.05) is 18.5 Å². The first kappa shape index (κ1) is 11.9. The highest BCUT2D eigenvalue weighted by Gasteiger charge is 2.28. The van der Waals surface area contributed by atoms with Crippen molar-refractivity contribution >= 4 is 11.3 Å². The summed E-state index contributed by atoms with van der Waals surface area (Å²) in [6, 6.07) is 2.54. The monoisotopic (exact) mass is 262 g/mol. The summed E-state index contributed by atoms with van der Waals surface area (Å²) in [6.07, 6.45) is 6.18. The van der Waals surface area contributed by atoms with E-state index in [-0.39, 0.29) is 0 Å². The van der Waals surface area contributed by atoms with Crippen LogP contribution in [-0.2, 0) is 13.0 Å². The van der Waals surface area contributed by atoms with Crippen LogP contribution in [0.25, 0.3) is 0 Å². The lowest BCUT2D eigenvalue weighted by molar-refractivity contribution is 0.0897. The first-order valence-electron chi connectivity index (χ1n) is 6.50. The SMILES string of the molecule is CCCc1nc(CN2CC(n3cccn3)C2)cs1. The summed E-state index contributed by atoms with van der Waals surface area (Å²) in [6.45, 7) is 5.35. The zero-order valence-corrected chi connectivity index (χ0v) is 11.4. The van der Waals surface area contributed by atoms with E-state index in [2.05, 4.69) is 32.0 Å². The third-order valence-corrected chi connectivity index (χ3v) is 4.24. The lowest BCUT2D eigenvalue weighted by Crippen LogP contribution is -2.47. The van der Waals surface area contributed by atoms with Gasteiger partial charge in [-0.05, 0) is 18.9 Å². The first-order chi connectivity index (χ1) is 8.85. The lowest BCUT2D eigenvalue weighted by atomic mass is 10.1. The van der Waals surface area contributed by atoms with Crippen molar-refractivity contribution in [2.24, 2.45) is 0 Å². The number of nitrogens with zero attached hydrogens (tertiary/aromatic N) is 4. The minimum absolute atomic E-state index is 0.550. The summed E-state index contributed by atoms with van der Waals surface area (Å²) >= 11 is 1.79. The Labute approximate surface area is 111 Å². The van der Waals surface area contributed by atoms with Gasteiger partial charge in [-0.25, -0.2) is 4.98 Å². The number of likely N-dealkylation sites (tertiary alicyclic amines) is 1. The van der Waals surface area contributed by atoms with Crippen molar-refractivity contribution in [1.82, 2.24) is 19.7 Å². The fraction of sp³-hybridized carbons (Fsp3) is 0.538. The Bertz CT molecular complexity index is 485. The van der Waals surface area contributed by atoms with Crippen LogP contribution >= 0.6 is 11.3 Å². The number of rotatable bonds is 5. The van der Waals surface area contributed by atoms with Crippen molar-refractivity contribution in [1.29, 1.82) is 0 Å². The Kier molecular flexibility index (Phi) is 3.43. The summed E-state index contributed by atoms with van der Waals surface area (Å²) in [5, 5.41) is 7.76. The summed E-state index contributed by atoms with van der Waals surface area (Å²) in [5.41, 5.74) is 1.22. The fourth-order valence-corrected chi connectivity index (χ4v) is 3.21. The highest BCUT2D eigenvalue weighted by Crippen LogP contribution is 2.23. The van der Waals surface area contributed by atoms with E-state index in [1.54, 1.807) is 11.3 Å². The molecule has 0 amide bonds. The van der Waals surface area contributed by atoms with Crippen molar-refractivity contribution in [3.05, 3.63) is 34.5 Å². The molecule has 0 aliphatic carbocycles. The average molecular weight is 262 g/mol. The summed E-state index contributed by atoms with van der Waals surface area (Å²) in [5.74, 6) is 0. The molecule has 3 rings (SSSR count). The van der Waals surface area contributed by atoms with Gasteiger partial charge in [0.2, 0.25) is 0 Å². The van der Waals surface area contributed by atoms with Crippen LogP contribution in [0.3, 0.4) is 0 Å². The molecule has 0 N–H and O–H groups in total. The van der Waals surface area contributed by atoms with E-state index in [4.69, 9.17) is 0 Å². The van der Waals surface area contributed by atoms with Crippen LogP contribution in [0.4, 0.5) is 0 Å². The Hall–Kier alpha value is -1.20. The van der Waals surface area contributed by atoms with Gasteiger partial charge in [0.05, 0.1) is 16.7 Å². The Morgan fingerprint density at radius 3 is 3.06 bits per heavy atom. The number of hydrogen-bond acceptors (Lipinski definition) is 4. The third kappa shape index (κ3) is 2.47. The molecule has 5 heteroatoms. The van der Waals surface area contributed by atoms with Crippen LogP contribution in [-0.4, -0.2) is 32.8 Å². The summed E-state index contributed by atoms with van der Waals surface area (Å²) in [4.78, 5) is 7.09. The molecule has 18 heavy (non-hydrogen) atoms. The summed E-state index contributed by atoms with van der Waals surface area (Å²) < 4.78 is 2.06. The number of hydrogen-bond donors (Lipinski definition) is 0. The van der Waals surface area contributed by atoms with Crippen molar-refractivity contribution in [3.63, 3.8) is 0 Å². The van der Waals surface area contributed by atoms with Gasteiger partial charge in [-0.15, -0.1) is 11.3 Å². The molecule has 0 saturated carbocycles. The van der Waals surface area contributed by atoms with Gasteiger partial charge >= 0.3 is 0 Å². The third-order valence-electron chi connectivity index (χ3n) is 3.29. The Morgan fingerprint density at radius 1 is 1.44 bits per heavy atom. The van der Waals surface area contributed by atoms with E-state index < -0.39 is 0 Å².